The molecular weight excluding hydrogens is 218 g/mol. The second-order valence-corrected chi connectivity index (χ2v) is 4.89. The Morgan fingerprint density at radius 1 is 1.27 bits per heavy atom. The van der Waals surface area contributed by atoms with Gasteiger partial charge in [-0.2, -0.15) is 11.8 Å². The Bertz CT molecular complexity index is 356. The molecule has 1 saturated heterocycles. The lowest BCUT2D eigenvalue weighted by atomic mass is 9.97. The van der Waals surface area contributed by atoms with Gasteiger partial charge < -0.3 is 5.11 Å². The van der Waals surface area contributed by atoms with E-state index < -0.39 is 11.6 Å². The van der Waals surface area contributed by atoms with Gasteiger partial charge in [-0.25, -0.2) is 8.78 Å². The zero-order chi connectivity index (χ0) is 10.8. The molecule has 1 fully saturated rings. The number of aliphatic hydroxyl groups is 1. The van der Waals surface area contributed by atoms with Gasteiger partial charge in [-0.05, 0) is 35.8 Å². The van der Waals surface area contributed by atoms with Gasteiger partial charge in [-0.1, -0.05) is 6.07 Å². The summed E-state index contributed by atoms with van der Waals surface area (Å²) in [5.74, 6) is 0.168. The van der Waals surface area contributed by atoms with Crippen LogP contribution in [0.3, 0.4) is 0 Å². The van der Waals surface area contributed by atoms with Gasteiger partial charge in [-0.15, -0.1) is 0 Å². The fourth-order valence-electron chi connectivity index (χ4n) is 1.75. The smallest absolute Gasteiger partial charge is 0.159 e. The molecule has 2 unspecified atom stereocenters. The van der Waals surface area contributed by atoms with Crippen LogP contribution in [0.4, 0.5) is 8.78 Å². The second-order valence-electron chi connectivity index (χ2n) is 3.82. The summed E-state index contributed by atoms with van der Waals surface area (Å²) in [6, 6.07) is 3.93. The summed E-state index contributed by atoms with van der Waals surface area (Å²) in [6.07, 6.45) is 0.300. The Balaban J connectivity index is 2.07. The summed E-state index contributed by atoms with van der Waals surface area (Å²) >= 11 is 1.70. The van der Waals surface area contributed by atoms with E-state index in [4.69, 9.17) is 0 Å². The van der Waals surface area contributed by atoms with Gasteiger partial charge in [-0.3, -0.25) is 0 Å². The van der Waals surface area contributed by atoms with E-state index in [2.05, 4.69) is 0 Å². The third-order valence-electron chi connectivity index (χ3n) is 2.65. The average molecular weight is 230 g/mol. The van der Waals surface area contributed by atoms with Gasteiger partial charge in [0, 0.05) is 5.75 Å². The number of hydrogen-bond acceptors (Lipinski definition) is 2. The molecule has 1 aliphatic heterocycles. The van der Waals surface area contributed by atoms with E-state index in [1.165, 1.54) is 6.07 Å². The zero-order valence-electron chi connectivity index (χ0n) is 8.12. The molecule has 0 aromatic heterocycles. The zero-order valence-corrected chi connectivity index (χ0v) is 8.94. The highest BCUT2D eigenvalue weighted by Gasteiger charge is 2.25. The monoisotopic (exact) mass is 230 g/mol. The van der Waals surface area contributed by atoms with E-state index in [-0.39, 0.29) is 12.0 Å². The van der Waals surface area contributed by atoms with Crippen molar-refractivity contribution in [3.8, 4) is 0 Å². The number of hydrogen-bond donors (Lipinski definition) is 1. The minimum absolute atomic E-state index is 0.167. The minimum atomic E-state index is -0.819. The first-order valence-electron chi connectivity index (χ1n) is 4.86. The number of benzene rings is 1. The van der Waals surface area contributed by atoms with Crippen molar-refractivity contribution < 1.29 is 13.9 Å². The molecule has 1 aliphatic rings. The summed E-state index contributed by atoms with van der Waals surface area (Å²) in [5.41, 5.74) is 0.750. The topological polar surface area (TPSA) is 20.2 Å². The van der Waals surface area contributed by atoms with Crippen molar-refractivity contribution in [3.05, 3.63) is 35.4 Å². The van der Waals surface area contributed by atoms with Crippen molar-refractivity contribution >= 4 is 11.8 Å². The number of thioether (sulfide) groups is 1. The van der Waals surface area contributed by atoms with Crippen LogP contribution < -0.4 is 0 Å². The third kappa shape index (κ3) is 2.49. The van der Waals surface area contributed by atoms with Crippen molar-refractivity contribution in [2.45, 2.75) is 12.5 Å². The lowest BCUT2D eigenvalue weighted by Gasteiger charge is -2.13. The summed E-state index contributed by atoms with van der Waals surface area (Å²) in [6.45, 7) is 0. The molecule has 0 amide bonds. The largest absolute Gasteiger partial charge is 0.392 e. The minimum Gasteiger partial charge on any atom is -0.392 e. The molecule has 1 aromatic carbocycles. The van der Waals surface area contributed by atoms with Crippen molar-refractivity contribution in [1.82, 2.24) is 0 Å². The van der Waals surface area contributed by atoms with Crippen LogP contribution in [0.5, 0.6) is 0 Å². The van der Waals surface area contributed by atoms with Crippen molar-refractivity contribution in [2.75, 3.05) is 11.5 Å². The molecule has 2 rings (SSSR count). The first-order valence-corrected chi connectivity index (χ1v) is 6.02. The SMILES string of the molecule is OC1CSCC1Cc1ccc(F)c(F)c1. The summed E-state index contributed by atoms with van der Waals surface area (Å²) < 4.78 is 25.6. The molecule has 1 heterocycles. The molecule has 1 aromatic rings. The maximum absolute atomic E-state index is 12.9. The van der Waals surface area contributed by atoms with Gasteiger partial charge in [0.15, 0.2) is 11.6 Å². The Labute approximate surface area is 91.5 Å². The molecule has 0 spiro atoms. The average Bonchev–Trinajstić information content (AvgIpc) is 2.59. The van der Waals surface area contributed by atoms with Gasteiger partial charge in [0.1, 0.15) is 0 Å². The molecule has 2 atom stereocenters. The predicted octanol–water partition coefficient (Wildman–Crippen LogP) is 2.23. The predicted molar refractivity (Wildman–Crippen MR) is 56.9 cm³/mol. The third-order valence-corrected chi connectivity index (χ3v) is 3.89. The van der Waals surface area contributed by atoms with Crippen molar-refractivity contribution in [1.29, 1.82) is 0 Å². The maximum Gasteiger partial charge on any atom is 0.159 e. The van der Waals surface area contributed by atoms with Crippen LogP contribution in [0.1, 0.15) is 5.56 Å². The first-order chi connectivity index (χ1) is 7.16. The van der Waals surface area contributed by atoms with E-state index in [1.807, 2.05) is 0 Å². The maximum atomic E-state index is 12.9. The molecule has 1 nitrogen and oxygen atoms in total. The molecule has 0 saturated carbocycles. The Morgan fingerprint density at radius 2 is 2.07 bits per heavy atom. The van der Waals surface area contributed by atoms with Crippen molar-refractivity contribution in [2.24, 2.45) is 5.92 Å². The molecule has 82 valence electrons. The highest BCUT2D eigenvalue weighted by atomic mass is 32.2. The molecule has 4 heteroatoms. The van der Waals surface area contributed by atoms with Gasteiger partial charge in [0.2, 0.25) is 0 Å². The Hall–Kier alpha value is -0.610. The van der Waals surface area contributed by atoms with Gasteiger partial charge in [0.05, 0.1) is 6.10 Å². The van der Waals surface area contributed by atoms with Crippen LogP contribution >= 0.6 is 11.8 Å². The van der Waals surface area contributed by atoms with E-state index in [9.17, 15) is 13.9 Å². The van der Waals surface area contributed by atoms with Crippen LogP contribution in [-0.2, 0) is 6.42 Å². The van der Waals surface area contributed by atoms with Crippen LogP contribution in [0, 0.1) is 17.6 Å². The van der Waals surface area contributed by atoms with Crippen LogP contribution in [0.2, 0.25) is 0 Å². The molecular formula is C11H12F2OS. The highest BCUT2D eigenvalue weighted by Crippen LogP contribution is 2.27. The van der Waals surface area contributed by atoms with E-state index in [0.717, 1.165) is 23.1 Å². The van der Waals surface area contributed by atoms with Crippen LogP contribution in [0.15, 0.2) is 18.2 Å². The fraction of sp³-hybridized carbons (Fsp3) is 0.455. The van der Waals surface area contributed by atoms with E-state index in [1.54, 1.807) is 17.8 Å². The van der Waals surface area contributed by atoms with E-state index in [0.29, 0.717) is 6.42 Å². The molecule has 15 heavy (non-hydrogen) atoms. The Morgan fingerprint density at radius 3 is 2.67 bits per heavy atom. The van der Waals surface area contributed by atoms with Gasteiger partial charge >= 0.3 is 0 Å². The molecule has 0 bridgehead atoms. The number of aliphatic hydroxyl groups excluding tert-OH is 1. The summed E-state index contributed by atoms with van der Waals surface area (Å²) in [7, 11) is 0. The molecule has 0 radical (unpaired) electrons. The first kappa shape index (κ1) is 10.9. The van der Waals surface area contributed by atoms with Crippen molar-refractivity contribution in [3.63, 3.8) is 0 Å². The van der Waals surface area contributed by atoms with E-state index >= 15 is 0 Å². The standard InChI is InChI=1S/C11H12F2OS/c12-9-2-1-7(4-10(9)13)3-8-5-15-6-11(8)14/h1-2,4,8,11,14H,3,5-6H2. The Kier molecular flexibility index (Phi) is 3.26. The number of rotatable bonds is 2. The second kappa shape index (κ2) is 4.49. The lowest BCUT2D eigenvalue weighted by Crippen LogP contribution is -2.19. The van der Waals surface area contributed by atoms with Crippen LogP contribution in [-0.4, -0.2) is 22.7 Å². The van der Waals surface area contributed by atoms with Gasteiger partial charge in [0.25, 0.3) is 0 Å². The fourth-order valence-corrected chi connectivity index (χ4v) is 3.04. The summed E-state index contributed by atoms with van der Waals surface area (Å²) in [4.78, 5) is 0. The lowest BCUT2D eigenvalue weighted by molar-refractivity contribution is 0.150. The molecule has 0 aliphatic carbocycles. The number of halogens is 2. The van der Waals surface area contributed by atoms with Crippen LogP contribution in [0.25, 0.3) is 0 Å². The quantitative estimate of drug-likeness (QED) is 0.840. The molecule has 1 N–H and O–H groups in total. The highest BCUT2D eigenvalue weighted by molar-refractivity contribution is 7.99. The summed E-state index contributed by atoms with van der Waals surface area (Å²) in [5, 5.41) is 9.59. The normalized spacial score (nSPS) is 25.8.